The number of amides is 1. The third-order valence-corrected chi connectivity index (χ3v) is 4.68. The molecule has 0 aliphatic carbocycles. The largest absolute Gasteiger partial charge is 0.496 e. The second-order valence-corrected chi connectivity index (χ2v) is 7.96. The van der Waals surface area contributed by atoms with Crippen LogP contribution in [0.15, 0.2) is 24.3 Å². The van der Waals surface area contributed by atoms with E-state index >= 15 is 0 Å². The third-order valence-electron chi connectivity index (χ3n) is 4.68. The van der Waals surface area contributed by atoms with Crippen molar-refractivity contribution in [3.8, 4) is 5.75 Å². The smallest absolute Gasteiger partial charge is 0.419 e. The SMILES string of the molecule is COc1ccc(C2=CC3COCC(C2)N3C(=O)OC(C)(C)C)cc1C(F)(F)F. The summed E-state index contributed by atoms with van der Waals surface area (Å²) in [4.78, 5) is 14.2. The van der Waals surface area contributed by atoms with Crippen molar-refractivity contribution in [2.24, 2.45) is 0 Å². The average Bonchev–Trinajstić information content (AvgIpc) is 2.57. The lowest BCUT2D eigenvalue weighted by molar-refractivity contribution is -0.138. The van der Waals surface area contributed by atoms with E-state index in [0.29, 0.717) is 18.6 Å². The van der Waals surface area contributed by atoms with Crippen LogP contribution in [0, 0.1) is 0 Å². The molecule has 1 aromatic carbocycles. The van der Waals surface area contributed by atoms with Gasteiger partial charge >= 0.3 is 12.3 Å². The van der Waals surface area contributed by atoms with Gasteiger partial charge in [0.1, 0.15) is 11.4 Å². The van der Waals surface area contributed by atoms with Crippen molar-refractivity contribution in [2.45, 2.75) is 51.1 Å². The number of hydrogen-bond donors (Lipinski definition) is 0. The second-order valence-electron chi connectivity index (χ2n) is 7.96. The average molecular weight is 399 g/mol. The number of ether oxygens (including phenoxy) is 3. The van der Waals surface area contributed by atoms with Crippen LogP contribution in [0.1, 0.15) is 38.3 Å². The summed E-state index contributed by atoms with van der Waals surface area (Å²) in [5.74, 6) is -0.216. The first-order valence-corrected chi connectivity index (χ1v) is 9.05. The highest BCUT2D eigenvalue weighted by Gasteiger charge is 2.41. The number of fused-ring (bicyclic) bond motifs is 2. The molecule has 1 fully saturated rings. The van der Waals surface area contributed by atoms with Crippen LogP contribution in [-0.2, 0) is 15.7 Å². The van der Waals surface area contributed by atoms with E-state index in [-0.39, 0.29) is 24.4 Å². The van der Waals surface area contributed by atoms with Crippen LogP contribution in [0.5, 0.6) is 5.75 Å². The van der Waals surface area contributed by atoms with Gasteiger partial charge in [0.15, 0.2) is 0 Å². The first-order chi connectivity index (χ1) is 13.0. The summed E-state index contributed by atoms with van der Waals surface area (Å²) < 4.78 is 55.9. The molecule has 0 N–H and O–H groups in total. The van der Waals surface area contributed by atoms with Gasteiger partial charge in [0.25, 0.3) is 0 Å². The summed E-state index contributed by atoms with van der Waals surface area (Å²) in [5.41, 5.74) is -0.224. The third kappa shape index (κ3) is 4.27. The van der Waals surface area contributed by atoms with Gasteiger partial charge in [-0.1, -0.05) is 12.1 Å². The number of hydrogen-bond acceptors (Lipinski definition) is 4. The Morgan fingerprint density at radius 2 is 1.93 bits per heavy atom. The predicted octanol–water partition coefficient (Wildman–Crippen LogP) is 4.51. The Morgan fingerprint density at radius 3 is 2.50 bits per heavy atom. The summed E-state index contributed by atoms with van der Waals surface area (Å²) in [6.07, 6.45) is -2.77. The van der Waals surface area contributed by atoms with E-state index in [1.165, 1.54) is 13.2 Å². The minimum Gasteiger partial charge on any atom is -0.496 e. The Labute approximate surface area is 162 Å². The lowest BCUT2D eigenvalue weighted by atomic mass is 9.89. The monoisotopic (exact) mass is 399 g/mol. The molecule has 2 heterocycles. The maximum absolute atomic E-state index is 13.3. The molecule has 2 aliphatic rings. The van der Waals surface area contributed by atoms with Crippen molar-refractivity contribution in [2.75, 3.05) is 20.3 Å². The molecule has 0 radical (unpaired) electrons. The lowest BCUT2D eigenvalue weighted by Crippen LogP contribution is -2.57. The zero-order chi connectivity index (χ0) is 20.7. The Kier molecular flexibility index (Phi) is 5.36. The van der Waals surface area contributed by atoms with Crippen molar-refractivity contribution in [1.82, 2.24) is 4.90 Å². The number of rotatable bonds is 2. The number of carbonyl (C=O) groups excluding carboxylic acids is 1. The topological polar surface area (TPSA) is 48.0 Å². The van der Waals surface area contributed by atoms with Crippen LogP contribution in [0.2, 0.25) is 0 Å². The Bertz CT molecular complexity index is 783. The molecule has 2 bridgehead atoms. The Morgan fingerprint density at radius 1 is 1.21 bits per heavy atom. The molecule has 2 atom stereocenters. The zero-order valence-corrected chi connectivity index (χ0v) is 16.3. The van der Waals surface area contributed by atoms with Crippen LogP contribution in [0.4, 0.5) is 18.0 Å². The maximum Gasteiger partial charge on any atom is 0.419 e. The van der Waals surface area contributed by atoms with Crippen LogP contribution in [-0.4, -0.2) is 49.0 Å². The number of methoxy groups -OCH3 is 1. The first kappa shape index (κ1) is 20.5. The lowest BCUT2D eigenvalue weighted by Gasteiger charge is -2.44. The summed E-state index contributed by atoms with van der Waals surface area (Å²) in [6.45, 7) is 5.96. The summed E-state index contributed by atoms with van der Waals surface area (Å²) in [5, 5.41) is 0. The van der Waals surface area contributed by atoms with E-state index in [1.807, 2.05) is 0 Å². The highest BCUT2D eigenvalue weighted by molar-refractivity contribution is 5.75. The van der Waals surface area contributed by atoms with Gasteiger partial charge in [0.05, 0.1) is 38.0 Å². The fraction of sp³-hybridized carbons (Fsp3) is 0.550. The molecule has 0 spiro atoms. The van der Waals surface area contributed by atoms with E-state index in [2.05, 4.69) is 0 Å². The Hall–Kier alpha value is -2.22. The van der Waals surface area contributed by atoms with Crippen LogP contribution < -0.4 is 4.74 Å². The van der Waals surface area contributed by atoms with E-state index < -0.39 is 23.4 Å². The van der Waals surface area contributed by atoms with Gasteiger partial charge in [-0.25, -0.2) is 4.79 Å². The summed E-state index contributed by atoms with van der Waals surface area (Å²) in [7, 11) is 1.21. The fourth-order valence-electron chi connectivity index (χ4n) is 3.54. The molecular formula is C20H24F3NO4. The summed E-state index contributed by atoms with van der Waals surface area (Å²) >= 11 is 0. The van der Waals surface area contributed by atoms with Crippen molar-refractivity contribution in [1.29, 1.82) is 0 Å². The van der Waals surface area contributed by atoms with Crippen molar-refractivity contribution in [3.05, 3.63) is 35.4 Å². The predicted molar refractivity (Wildman–Crippen MR) is 97.1 cm³/mol. The molecule has 154 valence electrons. The van der Waals surface area contributed by atoms with Gasteiger partial charge in [-0.05, 0) is 50.5 Å². The van der Waals surface area contributed by atoms with Crippen LogP contribution >= 0.6 is 0 Å². The van der Waals surface area contributed by atoms with Gasteiger partial charge < -0.3 is 14.2 Å². The zero-order valence-electron chi connectivity index (χ0n) is 16.3. The molecule has 28 heavy (non-hydrogen) atoms. The molecule has 8 heteroatoms. The van der Waals surface area contributed by atoms with Gasteiger partial charge in [0.2, 0.25) is 0 Å². The minimum atomic E-state index is -4.52. The molecule has 2 unspecified atom stereocenters. The molecule has 3 rings (SSSR count). The number of carbonyl (C=O) groups is 1. The fourth-order valence-corrected chi connectivity index (χ4v) is 3.54. The molecule has 1 amide bonds. The molecule has 1 aromatic rings. The van der Waals surface area contributed by atoms with E-state index in [4.69, 9.17) is 14.2 Å². The van der Waals surface area contributed by atoms with Crippen molar-refractivity contribution < 1.29 is 32.2 Å². The molecular weight excluding hydrogens is 375 g/mol. The number of halogens is 3. The summed E-state index contributed by atoms with van der Waals surface area (Å²) in [6, 6.07) is 3.37. The minimum absolute atomic E-state index is 0.216. The first-order valence-electron chi connectivity index (χ1n) is 9.05. The van der Waals surface area contributed by atoms with Gasteiger partial charge in [-0.3, -0.25) is 4.90 Å². The standard InChI is InChI=1S/C20H24F3NO4/c1-19(2,3)28-18(25)24-14-7-13(8-15(24)11-27-10-14)12-5-6-17(26-4)16(9-12)20(21,22)23/h5-7,9,14-15H,8,10-11H2,1-4H3. The van der Waals surface area contributed by atoms with E-state index in [1.54, 1.807) is 37.8 Å². The quantitative estimate of drug-likeness (QED) is 0.735. The van der Waals surface area contributed by atoms with E-state index in [0.717, 1.165) is 11.6 Å². The highest BCUT2D eigenvalue weighted by atomic mass is 19.4. The van der Waals surface area contributed by atoms with Crippen LogP contribution in [0.25, 0.3) is 5.57 Å². The van der Waals surface area contributed by atoms with Crippen LogP contribution in [0.3, 0.4) is 0 Å². The number of morpholine rings is 1. The van der Waals surface area contributed by atoms with Gasteiger partial charge in [-0.2, -0.15) is 13.2 Å². The second kappa shape index (κ2) is 7.31. The molecule has 0 aromatic heterocycles. The van der Waals surface area contributed by atoms with E-state index in [9.17, 15) is 18.0 Å². The molecule has 1 saturated heterocycles. The normalized spacial score (nSPS) is 22.5. The molecule has 5 nitrogen and oxygen atoms in total. The Balaban J connectivity index is 1.92. The number of benzene rings is 1. The van der Waals surface area contributed by atoms with Crippen molar-refractivity contribution in [3.63, 3.8) is 0 Å². The molecule has 0 saturated carbocycles. The number of alkyl halides is 3. The maximum atomic E-state index is 13.3. The number of nitrogens with zero attached hydrogens (tertiary/aromatic N) is 1. The molecule has 2 aliphatic heterocycles. The van der Waals surface area contributed by atoms with Gasteiger partial charge in [0, 0.05) is 0 Å². The van der Waals surface area contributed by atoms with Gasteiger partial charge in [-0.15, -0.1) is 0 Å². The van der Waals surface area contributed by atoms with Crippen molar-refractivity contribution >= 4 is 11.7 Å². The highest BCUT2D eigenvalue weighted by Crippen LogP contribution is 2.40.